The first-order valence-electron chi connectivity index (χ1n) is 4.77. The number of carbonyl (C=O) groups is 1. The van der Waals surface area contributed by atoms with Gasteiger partial charge in [-0.2, -0.15) is 0 Å². The summed E-state index contributed by atoms with van der Waals surface area (Å²) in [5.41, 5.74) is 5.84. The number of nitrogens with two attached hydrogens (primary N) is 1. The van der Waals surface area contributed by atoms with Gasteiger partial charge in [-0.25, -0.2) is 0 Å². The smallest absolute Gasteiger partial charge is 0.324 e. The molecule has 1 amide bonds. The van der Waals surface area contributed by atoms with Crippen molar-refractivity contribution < 1.29 is 9.72 Å². The van der Waals surface area contributed by atoms with Gasteiger partial charge in [0.1, 0.15) is 0 Å². The van der Waals surface area contributed by atoms with E-state index < -0.39 is 4.92 Å². The molecule has 0 aromatic carbocycles. The molecule has 0 saturated carbocycles. The summed E-state index contributed by atoms with van der Waals surface area (Å²) in [5, 5.41) is 14.5. The van der Waals surface area contributed by atoms with Gasteiger partial charge in [0.15, 0.2) is 0 Å². The zero-order chi connectivity index (χ0) is 12.1. The topological polar surface area (TPSA) is 98.3 Å². The van der Waals surface area contributed by atoms with Gasteiger partial charge in [-0.1, -0.05) is 11.3 Å². The van der Waals surface area contributed by atoms with E-state index in [4.69, 9.17) is 5.73 Å². The van der Waals surface area contributed by atoms with Gasteiger partial charge in [0.05, 0.1) is 10.5 Å². The lowest BCUT2D eigenvalue weighted by Crippen LogP contribution is -2.28. The average Bonchev–Trinajstić information content (AvgIpc) is 2.65. The largest absolute Gasteiger partial charge is 0.352 e. The number of hydrogen-bond acceptors (Lipinski definition) is 5. The third kappa shape index (κ3) is 5.12. The Hall–Kier alpha value is -1.18. The van der Waals surface area contributed by atoms with Crippen LogP contribution in [-0.4, -0.2) is 23.4 Å². The molecule has 0 radical (unpaired) electrons. The van der Waals surface area contributed by atoms with Crippen molar-refractivity contribution in [1.82, 2.24) is 5.32 Å². The fourth-order valence-electron chi connectivity index (χ4n) is 1.06. The minimum Gasteiger partial charge on any atom is -0.352 e. The molecule has 1 aromatic rings. The molecule has 1 rings (SSSR count). The summed E-state index contributed by atoms with van der Waals surface area (Å²) in [6.45, 7) is 2.32. The Morgan fingerprint density at radius 2 is 2.35 bits per heavy atom. The SMILES string of the molecule is CC(N)CCNC(=O)c1csc([N+](=O)[O-])c1.Cl. The number of carbonyl (C=O) groups excluding carboxylic acids is 1. The normalized spacial score (nSPS) is 11.4. The number of halogens is 1. The molecule has 0 saturated heterocycles. The molecule has 0 aliphatic heterocycles. The lowest BCUT2D eigenvalue weighted by Gasteiger charge is -2.05. The van der Waals surface area contributed by atoms with E-state index in [1.807, 2.05) is 6.92 Å². The van der Waals surface area contributed by atoms with E-state index in [0.29, 0.717) is 18.5 Å². The van der Waals surface area contributed by atoms with Crippen molar-refractivity contribution in [3.05, 3.63) is 27.1 Å². The summed E-state index contributed by atoms with van der Waals surface area (Å²) < 4.78 is 0. The molecule has 0 aliphatic carbocycles. The van der Waals surface area contributed by atoms with Gasteiger partial charge in [-0.05, 0) is 13.3 Å². The molecule has 6 nitrogen and oxygen atoms in total. The van der Waals surface area contributed by atoms with Crippen molar-refractivity contribution in [2.24, 2.45) is 5.73 Å². The molecule has 96 valence electrons. The highest BCUT2D eigenvalue weighted by molar-refractivity contribution is 7.13. The standard InChI is InChI=1S/C9H13N3O3S.ClH/c1-6(10)2-3-11-9(13)7-4-8(12(14)15)16-5-7;/h4-6H,2-3,10H2,1H3,(H,11,13);1H. The maximum absolute atomic E-state index is 11.5. The van der Waals surface area contributed by atoms with Crippen LogP contribution in [0.1, 0.15) is 23.7 Å². The molecule has 8 heteroatoms. The molecule has 1 unspecified atom stereocenters. The molecule has 0 spiro atoms. The summed E-state index contributed by atoms with van der Waals surface area (Å²) in [4.78, 5) is 21.4. The van der Waals surface area contributed by atoms with E-state index in [0.717, 1.165) is 11.3 Å². The van der Waals surface area contributed by atoms with E-state index in [9.17, 15) is 14.9 Å². The zero-order valence-corrected chi connectivity index (χ0v) is 10.8. The van der Waals surface area contributed by atoms with Crippen molar-refractivity contribution in [3.8, 4) is 0 Å². The molecular formula is C9H14ClN3O3S. The first-order valence-corrected chi connectivity index (χ1v) is 5.65. The van der Waals surface area contributed by atoms with E-state index in [1.165, 1.54) is 11.4 Å². The average molecular weight is 280 g/mol. The quantitative estimate of drug-likeness (QED) is 0.631. The van der Waals surface area contributed by atoms with Crippen LogP contribution >= 0.6 is 23.7 Å². The van der Waals surface area contributed by atoms with Gasteiger partial charge < -0.3 is 11.1 Å². The van der Waals surface area contributed by atoms with Crippen LogP contribution in [0, 0.1) is 10.1 Å². The molecular weight excluding hydrogens is 266 g/mol. The van der Waals surface area contributed by atoms with Gasteiger partial charge in [-0.15, -0.1) is 12.4 Å². The lowest BCUT2D eigenvalue weighted by atomic mass is 10.2. The Balaban J connectivity index is 0.00000256. The molecule has 0 aliphatic rings. The van der Waals surface area contributed by atoms with E-state index >= 15 is 0 Å². The Morgan fingerprint density at radius 1 is 1.71 bits per heavy atom. The second-order valence-electron chi connectivity index (χ2n) is 3.45. The van der Waals surface area contributed by atoms with Crippen LogP contribution < -0.4 is 11.1 Å². The number of nitrogens with zero attached hydrogens (tertiary/aromatic N) is 1. The van der Waals surface area contributed by atoms with Crippen LogP contribution in [0.15, 0.2) is 11.4 Å². The molecule has 1 heterocycles. The third-order valence-corrected chi connectivity index (χ3v) is 2.79. The first kappa shape index (κ1) is 15.8. The van der Waals surface area contributed by atoms with Crippen LogP contribution in [0.3, 0.4) is 0 Å². The van der Waals surface area contributed by atoms with Crippen molar-refractivity contribution in [2.45, 2.75) is 19.4 Å². The third-order valence-electron chi connectivity index (χ3n) is 1.91. The number of nitro groups is 1. The fourth-order valence-corrected chi connectivity index (χ4v) is 1.76. The van der Waals surface area contributed by atoms with E-state index in [1.54, 1.807) is 0 Å². The van der Waals surface area contributed by atoms with Crippen molar-refractivity contribution in [1.29, 1.82) is 0 Å². The van der Waals surface area contributed by atoms with Crippen molar-refractivity contribution in [3.63, 3.8) is 0 Å². The van der Waals surface area contributed by atoms with Crippen LogP contribution in [0.25, 0.3) is 0 Å². The number of amides is 1. The number of thiophene rings is 1. The highest BCUT2D eigenvalue weighted by Gasteiger charge is 2.14. The Labute approximate surface area is 109 Å². The summed E-state index contributed by atoms with van der Waals surface area (Å²) >= 11 is 0.941. The minimum atomic E-state index is -0.511. The molecule has 0 fully saturated rings. The first-order chi connectivity index (χ1) is 7.50. The Bertz CT molecular complexity index is 395. The van der Waals surface area contributed by atoms with Crippen LogP contribution in [0.2, 0.25) is 0 Å². The maximum atomic E-state index is 11.5. The Morgan fingerprint density at radius 3 is 2.82 bits per heavy atom. The van der Waals surface area contributed by atoms with Crippen LogP contribution in [0.5, 0.6) is 0 Å². The van der Waals surface area contributed by atoms with Gasteiger partial charge >= 0.3 is 5.00 Å². The number of hydrogen-bond donors (Lipinski definition) is 2. The van der Waals surface area contributed by atoms with Gasteiger partial charge in [-0.3, -0.25) is 14.9 Å². The van der Waals surface area contributed by atoms with Gasteiger partial charge in [0.2, 0.25) is 0 Å². The van der Waals surface area contributed by atoms with Crippen LogP contribution in [-0.2, 0) is 0 Å². The molecule has 1 aromatic heterocycles. The van der Waals surface area contributed by atoms with Crippen molar-refractivity contribution >= 4 is 34.7 Å². The summed E-state index contributed by atoms with van der Waals surface area (Å²) in [7, 11) is 0. The second-order valence-corrected chi connectivity index (χ2v) is 4.34. The fraction of sp³-hybridized carbons (Fsp3) is 0.444. The molecule has 0 bridgehead atoms. The number of nitrogens with one attached hydrogen (secondary N) is 1. The highest BCUT2D eigenvalue weighted by atomic mass is 35.5. The predicted octanol–water partition coefficient (Wildman–Crippen LogP) is 1.55. The van der Waals surface area contributed by atoms with Gasteiger partial charge in [0, 0.05) is 24.0 Å². The Kier molecular flexibility index (Phi) is 6.71. The summed E-state index contributed by atoms with van der Waals surface area (Å²) in [6, 6.07) is 1.29. The van der Waals surface area contributed by atoms with Gasteiger partial charge in [0.25, 0.3) is 5.91 Å². The zero-order valence-electron chi connectivity index (χ0n) is 9.21. The van der Waals surface area contributed by atoms with E-state index in [-0.39, 0.29) is 29.4 Å². The molecule has 3 N–H and O–H groups in total. The molecule has 17 heavy (non-hydrogen) atoms. The molecule has 1 atom stereocenters. The van der Waals surface area contributed by atoms with E-state index in [2.05, 4.69) is 5.32 Å². The number of rotatable bonds is 5. The van der Waals surface area contributed by atoms with Crippen LogP contribution in [0.4, 0.5) is 5.00 Å². The monoisotopic (exact) mass is 279 g/mol. The summed E-state index contributed by atoms with van der Waals surface area (Å²) in [6.07, 6.45) is 0.679. The minimum absolute atomic E-state index is 0. The summed E-state index contributed by atoms with van der Waals surface area (Å²) in [5.74, 6) is -0.301. The highest BCUT2D eigenvalue weighted by Crippen LogP contribution is 2.22. The van der Waals surface area contributed by atoms with Crippen molar-refractivity contribution in [2.75, 3.05) is 6.54 Å². The second kappa shape index (κ2) is 7.21. The predicted molar refractivity (Wildman–Crippen MR) is 68.8 cm³/mol. The maximum Gasteiger partial charge on any atom is 0.324 e. The lowest BCUT2D eigenvalue weighted by molar-refractivity contribution is -0.380.